The van der Waals surface area contributed by atoms with Gasteiger partial charge in [-0.05, 0) is 32.7 Å². The maximum absolute atomic E-state index is 12.0. The zero-order chi connectivity index (χ0) is 13.8. The lowest BCUT2D eigenvalue weighted by Crippen LogP contribution is -2.45. The van der Waals surface area contributed by atoms with E-state index in [0.29, 0.717) is 18.4 Å². The summed E-state index contributed by atoms with van der Waals surface area (Å²) in [5.74, 6) is 0.773. The zero-order valence-corrected chi connectivity index (χ0v) is 12.4. The SMILES string of the molecule is COC1CN(CCC(=O)C(C)(C)OC)CCC1C. The molecule has 2 unspecified atom stereocenters. The highest BCUT2D eigenvalue weighted by Gasteiger charge is 2.29. The van der Waals surface area contributed by atoms with Crippen LogP contribution in [-0.2, 0) is 14.3 Å². The Balaban J connectivity index is 2.38. The first-order chi connectivity index (χ1) is 8.40. The third-order valence-electron chi connectivity index (χ3n) is 4.11. The number of nitrogens with zero attached hydrogens (tertiary/aromatic N) is 1. The Kier molecular flexibility index (Phi) is 5.76. The molecule has 1 rings (SSSR count). The molecule has 0 bridgehead atoms. The second-order valence-corrected chi connectivity index (χ2v) is 5.73. The molecule has 0 aromatic heterocycles. The number of carbonyl (C=O) groups is 1. The third-order valence-corrected chi connectivity index (χ3v) is 4.11. The quantitative estimate of drug-likeness (QED) is 0.726. The summed E-state index contributed by atoms with van der Waals surface area (Å²) < 4.78 is 10.7. The van der Waals surface area contributed by atoms with Gasteiger partial charge >= 0.3 is 0 Å². The number of ketones is 1. The predicted octanol–water partition coefficient (Wildman–Crippen LogP) is 1.73. The van der Waals surface area contributed by atoms with Crippen molar-refractivity contribution >= 4 is 5.78 Å². The lowest BCUT2D eigenvalue weighted by Gasteiger charge is -2.36. The van der Waals surface area contributed by atoms with Gasteiger partial charge in [0, 0.05) is 33.7 Å². The number of hydrogen-bond donors (Lipinski definition) is 0. The first-order valence-corrected chi connectivity index (χ1v) is 6.74. The Morgan fingerprint density at radius 2 is 2.06 bits per heavy atom. The zero-order valence-electron chi connectivity index (χ0n) is 12.4. The minimum Gasteiger partial charge on any atom is -0.380 e. The van der Waals surface area contributed by atoms with E-state index in [1.165, 1.54) is 0 Å². The number of likely N-dealkylation sites (tertiary alicyclic amines) is 1. The van der Waals surface area contributed by atoms with Crippen LogP contribution in [0.5, 0.6) is 0 Å². The summed E-state index contributed by atoms with van der Waals surface area (Å²) in [7, 11) is 3.35. The molecule has 4 heteroatoms. The van der Waals surface area contributed by atoms with Crippen molar-refractivity contribution in [2.24, 2.45) is 5.92 Å². The molecular weight excluding hydrogens is 230 g/mol. The van der Waals surface area contributed by atoms with Gasteiger partial charge < -0.3 is 14.4 Å². The number of ether oxygens (including phenoxy) is 2. The second-order valence-electron chi connectivity index (χ2n) is 5.73. The van der Waals surface area contributed by atoms with Crippen molar-refractivity contribution in [1.82, 2.24) is 4.90 Å². The van der Waals surface area contributed by atoms with E-state index in [2.05, 4.69) is 11.8 Å². The average molecular weight is 257 g/mol. The minimum absolute atomic E-state index is 0.164. The Morgan fingerprint density at radius 3 is 2.61 bits per heavy atom. The van der Waals surface area contributed by atoms with Crippen LogP contribution < -0.4 is 0 Å². The van der Waals surface area contributed by atoms with Gasteiger partial charge in [-0.25, -0.2) is 0 Å². The lowest BCUT2D eigenvalue weighted by molar-refractivity contribution is -0.137. The molecule has 0 amide bonds. The number of piperidine rings is 1. The van der Waals surface area contributed by atoms with E-state index in [9.17, 15) is 4.79 Å². The molecule has 0 aromatic rings. The van der Waals surface area contributed by atoms with Crippen LogP contribution in [0.1, 0.15) is 33.6 Å². The fourth-order valence-electron chi connectivity index (χ4n) is 2.28. The Morgan fingerprint density at radius 1 is 1.39 bits per heavy atom. The summed E-state index contributed by atoms with van der Waals surface area (Å²) in [4.78, 5) is 14.3. The monoisotopic (exact) mass is 257 g/mol. The molecule has 4 nitrogen and oxygen atoms in total. The summed E-state index contributed by atoms with van der Waals surface area (Å²) in [6.45, 7) is 8.67. The van der Waals surface area contributed by atoms with E-state index in [1.807, 2.05) is 13.8 Å². The molecule has 0 radical (unpaired) electrons. The van der Waals surface area contributed by atoms with Crippen LogP contribution in [0.2, 0.25) is 0 Å². The topological polar surface area (TPSA) is 38.8 Å². The first-order valence-electron chi connectivity index (χ1n) is 6.74. The van der Waals surface area contributed by atoms with Crippen molar-refractivity contribution in [1.29, 1.82) is 0 Å². The highest BCUT2D eigenvalue weighted by molar-refractivity contribution is 5.86. The van der Waals surface area contributed by atoms with E-state index in [-0.39, 0.29) is 5.78 Å². The van der Waals surface area contributed by atoms with Crippen molar-refractivity contribution < 1.29 is 14.3 Å². The summed E-state index contributed by atoms with van der Waals surface area (Å²) in [5.41, 5.74) is -0.663. The van der Waals surface area contributed by atoms with Crippen molar-refractivity contribution in [3.05, 3.63) is 0 Å². The van der Waals surface area contributed by atoms with Gasteiger partial charge in [0.25, 0.3) is 0 Å². The highest BCUT2D eigenvalue weighted by Crippen LogP contribution is 2.20. The van der Waals surface area contributed by atoms with Crippen molar-refractivity contribution in [2.45, 2.75) is 45.3 Å². The fraction of sp³-hybridized carbons (Fsp3) is 0.929. The molecule has 1 saturated heterocycles. The number of hydrogen-bond acceptors (Lipinski definition) is 4. The maximum atomic E-state index is 12.0. The molecule has 1 aliphatic rings. The molecule has 0 saturated carbocycles. The molecule has 0 spiro atoms. The Hall–Kier alpha value is -0.450. The molecule has 1 fully saturated rings. The average Bonchev–Trinajstić information content (AvgIpc) is 2.37. The van der Waals surface area contributed by atoms with Crippen LogP contribution in [0.15, 0.2) is 0 Å². The normalized spacial score (nSPS) is 26.3. The molecule has 0 aliphatic carbocycles. The summed E-state index contributed by atoms with van der Waals surface area (Å²) in [5, 5.41) is 0. The molecule has 1 aliphatic heterocycles. The standard InChI is InChI=1S/C14H27NO3/c1-11-6-8-15(10-12(11)17-4)9-7-13(16)14(2,3)18-5/h11-12H,6-10H2,1-5H3. The van der Waals surface area contributed by atoms with Crippen molar-refractivity contribution in [2.75, 3.05) is 33.9 Å². The Bertz CT molecular complexity index is 278. The largest absolute Gasteiger partial charge is 0.380 e. The van der Waals surface area contributed by atoms with Gasteiger partial charge in [-0.2, -0.15) is 0 Å². The summed E-state index contributed by atoms with van der Waals surface area (Å²) in [6, 6.07) is 0. The van der Waals surface area contributed by atoms with E-state index in [1.54, 1.807) is 14.2 Å². The predicted molar refractivity (Wildman–Crippen MR) is 71.7 cm³/mol. The van der Waals surface area contributed by atoms with Crippen LogP contribution in [0.25, 0.3) is 0 Å². The third kappa shape index (κ3) is 4.04. The molecule has 1 heterocycles. The minimum atomic E-state index is -0.663. The molecular formula is C14H27NO3. The molecule has 0 N–H and O–H groups in total. The van der Waals surface area contributed by atoms with Crippen molar-refractivity contribution in [3.63, 3.8) is 0 Å². The van der Waals surface area contributed by atoms with Crippen LogP contribution in [0, 0.1) is 5.92 Å². The van der Waals surface area contributed by atoms with Gasteiger partial charge in [0.2, 0.25) is 0 Å². The fourth-order valence-corrected chi connectivity index (χ4v) is 2.28. The van der Waals surface area contributed by atoms with E-state index >= 15 is 0 Å². The maximum Gasteiger partial charge on any atom is 0.165 e. The van der Waals surface area contributed by atoms with Gasteiger partial charge in [-0.1, -0.05) is 6.92 Å². The van der Waals surface area contributed by atoms with Crippen LogP contribution >= 0.6 is 0 Å². The van der Waals surface area contributed by atoms with E-state index in [4.69, 9.17) is 9.47 Å². The van der Waals surface area contributed by atoms with E-state index in [0.717, 1.165) is 26.1 Å². The lowest BCUT2D eigenvalue weighted by atomic mass is 9.95. The van der Waals surface area contributed by atoms with Crippen LogP contribution in [0.3, 0.4) is 0 Å². The first kappa shape index (κ1) is 15.6. The van der Waals surface area contributed by atoms with Crippen LogP contribution in [-0.4, -0.2) is 56.2 Å². The summed E-state index contributed by atoms with van der Waals surface area (Å²) in [6.07, 6.45) is 1.98. The van der Waals surface area contributed by atoms with Gasteiger partial charge in [-0.3, -0.25) is 4.79 Å². The molecule has 18 heavy (non-hydrogen) atoms. The molecule has 0 aromatic carbocycles. The highest BCUT2D eigenvalue weighted by atomic mass is 16.5. The Labute approximate surface area is 111 Å². The molecule has 106 valence electrons. The second kappa shape index (κ2) is 6.64. The van der Waals surface area contributed by atoms with Gasteiger partial charge in [0.1, 0.15) is 5.60 Å². The van der Waals surface area contributed by atoms with Gasteiger partial charge in [-0.15, -0.1) is 0 Å². The number of carbonyl (C=O) groups excluding carboxylic acids is 1. The summed E-state index contributed by atoms with van der Waals surface area (Å²) >= 11 is 0. The van der Waals surface area contributed by atoms with Crippen LogP contribution in [0.4, 0.5) is 0 Å². The van der Waals surface area contributed by atoms with Crippen molar-refractivity contribution in [3.8, 4) is 0 Å². The van der Waals surface area contributed by atoms with E-state index < -0.39 is 5.60 Å². The number of rotatable bonds is 6. The number of Topliss-reactive ketones (excluding diaryl/α,β-unsaturated/α-hetero) is 1. The van der Waals surface area contributed by atoms with Gasteiger partial charge in [0.05, 0.1) is 6.10 Å². The van der Waals surface area contributed by atoms with Gasteiger partial charge in [0.15, 0.2) is 5.78 Å². The molecule has 2 atom stereocenters. The number of methoxy groups -OCH3 is 2. The smallest absolute Gasteiger partial charge is 0.165 e.